The van der Waals surface area contributed by atoms with Crippen LogP contribution in [-0.2, 0) is 4.74 Å². The summed E-state index contributed by atoms with van der Waals surface area (Å²) in [6.07, 6.45) is 1.15. The molecule has 3 nitrogen and oxygen atoms in total. The molecule has 0 amide bonds. The second-order valence-corrected chi connectivity index (χ2v) is 4.48. The lowest BCUT2D eigenvalue weighted by Gasteiger charge is -2.13. The fraction of sp³-hybridized carbons (Fsp3) is 0.500. The van der Waals surface area contributed by atoms with Crippen molar-refractivity contribution >= 4 is 5.97 Å². The number of hydrogen-bond donors (Lipinski definition) is 1. The third kappa shape index (κ3) is 2.67. The maximum absolute atomic E-state index is 11.7. The highest BCUT2D eigenvalue weighted by atomic mass is 16.5. The minimum atomic E-state index is -0.222. The van der Waals surface area contributed by atoms with Crippen LogP contribution in [0.5, 0.6) is 0 Å². The van der Waals surface area contributed by atoms with Crippen molar-refractivity contribution in [2.45, 2.75) is 26.2 Å². The van der Waals surface area contributed by atoms with Gasteiger partial charge in [0, 0.05) is 6.54 Å². The Morgan fingerprint density at radius 1 is 1.53 bits per heavy atom. The van der Waals surface area contributed by atoms with Crippen LogP contribution in [0, 0.1) is 6.92 Å². The predicted octanol–water partition coefficient (Wildman–Crippen LogP) is 2.25. The molecule has 17 heavy (non-hydrogen) atoms. The molecule has 2 rings (SSSR count). The van der Waals surface area contributed by atoms with Crippen molar-refractivity contribution in [3.63, 3.8) is 0 Å². The summed E-state index contributed by atoms with van der Waals surface area (Å²) in [5.74, 6) is 0.309. The van der Waals surface area contributed by atoms with Crippen LogP contribution in [0.3, 0.4) is 0 Å². The van der Waals surface area contributed by atoms with Crippen molar-refractivity contribution in [3.05, 3.63) is 34.9 Å². The van der Waals surface area contributed by atoms with Gasteiger partial charge in [-0.2, -0.15) is 0 Å². The van der Waals surface area contributed by atoms with Gasteiger partial charge < -0.3 is 10.1 Å². The van der Waals surface area contributed by atoms with Crippen molar-refractivity contribution in [1.29, 1.82) is 0 Å². The zero-order valence-corrected chi connectivity index (χ0v) is 10.5. The molecule has 0 radical (unpaired) electrons. The predicted molar refractivity (Wildman–Crippen MR) is 67.4 cm³/mol. The topological polar surface area (TPSA) is 38.3 Å². The number of aryl methyl sites for hydroxylation is 1. The summed E-state index contributed by atoms with van der Waals surface area (Å²) in [4.78, 5) is 11.7. The van der Waals surface area contributed by atoms with Crippen molar-refractivity contribution in [2.24, 2.45) is 0 Å². The molecule has 1 aliphatic heterocycles. The quantitative estimate of drug-likeness (QED) is 0.814. The molecule has 1 fully saturated rings. The first-order valence-corrected chi connectivity index (χ1v) is 6.20. The van der Waals surface area contributed by atoms with E-state index in [9.17, 15) is 4.79 Å². The molecular formula is C14H19NO2. The van der Waals surface area contributed by atoms with Gasteiger partial charge in [0.2, 0.25) is 0 Å². The number of nitrogens with one attached hydrogen (secondary N) is 1. The molecule has 1 aromatic carbocycles. The molecule has 92 valence electrons. The highest BCUT2D eigenvalue weighted by Gasteiger charge is 2.19. The van der Waals surface area contributed by atoms with E-state index in [1.54, 1.807) is 0 Å². The minimum absolute atomic E-state index is 0.222. The zero-order chi connectivity index (χ0) is 12.3. The van der Waals surface area contributed by atoms with Crippen molar-refractivity contribution in [2.75, 3.05) is 19.7 Å². The van der Waals surface area contributed by atoms with E-state index in [1.165, 1.54) is 11.1 Å². The summed E-state index contributed by atoms with van der Waals surface area (Å²) < 4.78 is 5.03. The molecule has 0 saturated carbocycles. The highest BCUT2D eigenvalue weighted by molar-refractivity contribution is 5.89. The Balaban J connectivity index is 2.25. The largest absolute Gasteiger partial charge is 0.462 e. The van der Waals surface area contributed by atoms with Gasteiger partial charge in [0.25, 0.3) is 0 Å². The van der Waals surface area contributed by atoms with Gasteiger partial charge in [-0.15, -0.1) is 0 Å². The van der Waals surface area contributed by atoms with Gasteiger partial charge in [0.1, 0.15) is 0 Å². The van der Waals surface area contributed by atoms with E-state index in [0.717, 1.165) is 19.5 Å². The summed E-state index contributed by atoms with van der Waals surface area (Å²) in [7, 11) is 0. The van der Waals surface area contributed by atoms with Crippen LogP contribution < -0.4 is 5.32 Å². The van der Waals surface area contributed by atoms with Crippen LogP contribution in [0.25, 0.3) is 0 Å². The van der Waals surface area contributed by atoms with E-state index >= 15 is 0 Å². The first-order chi connectivity index (χ1) is 8.22. The Bertz CT molecular complexity index is 409. The van der Waals surface area contributed by atoms with E-state index in [-0.39, 0.29) is 5.97 Å². The van der Waals surface area contributed by atoms with Crippen LogP contribution in [0.1, 0.15) is 40.7 Å². The lowest BCUT2D eigenvalue weighted by Crippen LogP contribution is -2.10. The summed E-state index contributed by atoms with van der Waals surface area (Å²) in [6, 6.07) is 5.85. The third-order valence-electron chi connectivity index (χ3n) is 3.29. The molecule has 3 heteroatoms. The van der Waals surface area contributed by atoms with Crippen molar-refractivity contribution in [1.82, 2.24) is 5.32 Å². The smallest absolute Gasteiger partial charge is 0.338 e. The molecule has 0 aromatic heterocycles. The monoisotopic (exact) mass is 233 g/mol. The summed E-state index contributed by atoms with van der Waals surface area (Å²) in [5, 5.41) is 3.36. The Kier molecular flexibility index (Phi) is 3.79. The summed E-state index contributed by atoms with van der Waals surface area (Å²) in [5.41, 5.74) is 3.20. The van der Waals surface area contributed by atoms with E-state index in [2.05, 4.69) is 12.2 Å². The molecule has 1 N–H and O–H groups in total. The summed E-state index contributed by atoms with van der Waals surface area (Å²) in [6.45, 7) is 6.42. The number of carbonyl (C=O) groups excluding carboxylic acids is 1. The molecule has 1 aliphatic rings. The van der Waals surface area contributed by atoms with Crippen LogP contribution in [0.4, 0.5) is 0 Å². The minimum Gasteiger partial charge on any atom is -0.462 e. The standard InChI is InChI=1S/C14H19NO2/c1-3-17-14(16)11-5-4-10(2)13(8-11)12-6-7-15-9-12/h4-5,8,12,15H,3,6-7,9H2,1-2H3/t12-/m1/s1. The average molecular weight is 233 g/mol. The number of carbonyl (C=O) groups is 1. The fourth-order valence-electron chi connectivity index (χ4n) is 2.34. The number of ether oxygens (including phenoxy) is 1. The van der Waals surface area contributed by atoms with Crippen molar-refractivity contribution < 1.29 is 9.53 Å². The lowest BCUT2D eigenvalue weighted by molar-refractivity contribution is 0.0526. The average Bonchev–Trinajstić information content (AvgIpc) is 2.83. The first-order valence-electron chi connectivity index (χ1n) is 6.20. The molecule has 0 bridgehead atoms. The van der Waals surface area contributed by atoms with Gasteiger partial charge in [-0.1, -0.05) is 6.07 Å². The molecule has 1 saturated heterocycles. The normalized spacial score (nSPS) is 19.3. The van der Waals surface area contributed by atoms with Gasteiger partial charge in [-0.05, 0) is 56.0 Å². The van der Waals surface area contributed by atoms with Crippen LogP contribution in [0.15, 0.2) is 18.2 Å². The molecule has 0 unspecified atom stereocenters. The van der Waals surface area contributed by atoms with Crippen LogP contribution in [0.2, 0.25) is 0 Å². The van der Waals surface area contributed by atoms with Gasteiger partial charge >= 0.3 is 5.97 Å². The van der Waals surface area contributed by atoms with E-state index < -0.39 is 0 Å². The molecular weight excluding hydrogens is 214 g/mol. The summed E-state index contributed by atoms with van der Waals surface area (Å²) >= 11 is 0. The highest BCUT2D eigenvalue weighted by Crippen LogP contribution is 2.26. The Labute approximate surface area is 102 Å². The SMILES string of the molecule is CCOC(=O)c1ccc(C)c([C@@H]2CCNC2)c1. The Hall–Kier alpha value is -1.35. The number of esters is 1. The van der Waals surface area contributed by atoms with Crippen molar-refractivity contribution in [3.8, 4) is 0 Å². The number of rotatable bonds is 3. The molecule has 1 aromatic rings. The molecule has 0 spiro atoms. The van der Waals surface area contributed by atoms with Gasteiger partial charge in [0.15, 0.2) is 0 Å². The molecule has 0 aliphatic carbocycles. The second kappa shape index (κ2) is 5.32. The number of benzene rings is 1. The lowest BCUT2D eigenvalue weighted by atomic mass is 9.92. The Morgan fingerprint density at radius 3 is 3.00 bits per heavy atom. The third-order valence-corrected chi connectivity index (χ3v) is 3.29. The van der Waals surface area contributed by atoms with E-state index in [0.29, 0.717) is 18.1 Å². The van der Waals surface area contributed by atoms with Gasteiger partial charge in [-0.25, -0.2) is 4.79 Å². The maximum atomic E-state index is 11.7. The van der Waals surface area contributed by atoms with Crippen LogP contribution >= 0.6 is 0 Å². The van der Waals surface area contributed by atoms with Crippen LogP contribution in [-0.4, -0.2) is 25.7 Å². The van der Waals surface area contributed by atoms with Gasteiger partial charge in [0.05, 0.1) is 12.2 Å². The molecule has 1 heterocycles. The van der Waals surface area contributed by atoms with E-state index in [4.69, 9.17) is 4.74 Å². The second-order valence-electron chi connectivity index (χ2n) is 4.48. The maximum Gasteiger partial charge on any atom is 0.338 e. The Morgan fingerprint density at radius 2 is 2.35 bits per heavy atom. The van der Waals surface area contributed by atoms with Gasteiger partial charge in [-0.3, -0.25) is 0 Å². The van der Waals surface area contributed by atoms with E-state index in [1.807, 2.05) is 25.1 Å². The first kappa shape index (κ1) is 12.1. The molecule has 1 atom stereocenters. The fourth-order valence-corrected chi connectivity index (χ4v) is 2.34. The number of hydrogen-bond acceptors (Lipinski definition) is 3. The zero-order valence-electron chi connectivity index (χ0n) is 10.5.